The average molecular weight is 294 g/mol. The SMILES string of the molecule is COc1c(CCc2cn(C)nn2)cc(Cl)cc1C(C)C. The molecule has 2 rings (SSSR count). The molecule has 108 valence electrons. The van der Waals surface area contributed by atoms with E-state index in [0.717, 1.165) is 40.4 Å². The Morgan fingerprint density at radius 1 is 1.30 bits per heavy atom. The topological polar surface area (TPSA) is 39.9 Å². The van der Waals surface area contributed by atoms with Gasteiger partial charge < -0.3 is 4.74 Å². The first-order valence-corrected chi connectivity index (χ1v) is 7.10. The molecule has 0 atom stereocenters. The van der Waals surface area contributed by atoms with Crippen LogP contribution in [0.25, 0.3) is 0 Å². The summed E-state index contributed by atoms with van der Waals surface area (Å²) in [6.07, 6.45) is 3.59. The van der Waals surface area contributed by atoms with Crippen molar-refractivity contribution in [1.29, 1.82) is 0 Å². The van der Waals surface area contributed by atoms with Crippen LogP contribution in [-0.4, -0.2) is 22.1 Å². The van der Waals surface area contributed by atoms with Gasteiger partial charge in [0.25, 0.3) is 0 Å². The van der Waals surface area contributed by atoms with Crippen LogP contribution in [-0.2, 0) is 19.9 Å². The highest BCUT2D eigenvalue weighted by Gasteiger charge is 2.14. The number of benzene rings is 1. The van der Waals surface area contributed by atoms with Crippen LogP contribution in [0, 0.1) is 0 Å². The van der Waals surface area contributed by atoms with Crippen LogP contribution >= 0.6 is 11.6 Å². The standard InChI is InChI=1S/C15H20ClN3O/c1-10(2)14-8-12(16)7-11(15(14)20-4)5-6-13-9-19(3)18-17-13/h7-10H,5-6H2,1-4H3. The molecule has 0 bridgehead atoms. The summed E-state index contributed by atoms with van der Waals surface area (Å²) in [6.45, 7) is 4.28. The van der Waals surface area contributed by atoms with E-state index in [9.17, 15) is 0 Å². The number of halogens is 1. The third-order valence-corrected chi connectivity index (χ3v) is 3.50. The molecule has 0 saturated carbocycles. The average Bonchev–Trinajstić information content (AvgIpc) is 2.81. The molecule has 0 aliphatic carbocycles. The molecule has 0 fully saturated rings. The Bertz CT molecular complexity index is 593. The fourth-order valence-electron chi connectivity index (χ4n) is 2.31. The summed E-state index contributed by atoms with van der Waals surface area (Å²) in [4.78, 5) is 0. The van der Waals surface area contributed by atoms with E-state index in [2.05, 4.69) is 24.2 Å². The summed E-state index contributed by atoms with van der Waals surface area (Å²) in [7, 11) is 3.58. The van der Waals surface area contributed by atoms with Crippen molar-refractivity contribution in [1.82, 2.24) is 15.0 Å². The lowest BCUT2D eigenvalue weighted by molar-refractivity contribution is 0.402. The molecule has 0 unspecified atom stereocenters. The summed E-state index contributed by atoms with van der Waals surface area (Å²) >= 11 is 6.22. The highest BCUT2D eigenvalue weighted by Crippen LogP contribution is 2.33. The Morgan fingerprint density at radius 2 is 2.05 bits per heavy atom. The van der Waals surface area contributed by atoms with Crippen molar-refractivity contribution in [3.8, 4) is 5.75 Å². The van der Waals surface area contributed by atoms with Crippen molar-refractivity contribution in [3.63, 3.8) is 0 Å². The fourth-order valence-corrected chi connectivity index (χ4v) is 2.56. The summed E-state index contributed by atoms with van der Waals surface area (Å²) in [5.41, 5.74) is 3.24. The van der Waals surface area contributed by atoms with Gasteiger partial charge in [-0.2, -0.15) is 0 Å². The van der Waals surface area contributed by atoms with Gasteiger partial charge in [0.15, 0.2) is 0 Å². The zero-order chi connectivity index (χ0) is 14.7. The highest BCUT2D eigenvalue weighted by atomic mass is 35.5. The summed E-state index contributed by atoms with van der Waals surface area (Å²) in [6, 6.07) is 3.96. The van der Waals surface area contributed by atoms with Gasteiger partial charge in [0.05, 0.1) is 12.8 Å². The Morgan fingerprint density at radius 3 is 2.60 bits per heavy atom. The fraction of sp³-hybridized carbons (Fsp3) is 0.467. The van der Waals surface area contributed by atoms with Gasteiger partial charge in [-0.25, -0.2) is 0 Å². The number of hydrogen-bond acceptors (Lipinski definition) is 3. The second kappa shape index (κ2) is 6.27. The van der Waals surface area contributed by atoms with Crippen molar-refractivity contribution in [2.24, 2.45) is 7.05 Å². The molecule has 0 amide bonds. The number of methoxy groups -OCH3 is 1. The predicted molar refractivity (Wildman–Crippen MR) is 80.5 cm³/mol. The van der Waals surface area contributed by atoms with Gasteiger partial charge in [-0.3, -0.25) is 4.68 Å². The smallest absolute Gasteiger partial charge is 0.125 e. The molecule has 0 aliphatic heterocycles. The first-order valence-electron chi connectivity index (χ1n) is 6.72. The molecule has 1 aromatic heterocycles. The lowest BCUT2D eigenvalue weighted by Gasteiger charge is -2.16. The molecule has 4 nitrogen and oxygen atoms in total. The van der Waals surface area contributed by atoms with Crippen LogP contribution in [0.3, 0.4) is 0 Å². The zero-order valence-corrected chi connectivity index (χ0v) is 13.1. The quantitative estimate of drug-likeness (QED) is 0.848. The van der Waals surface area contributed by atoms with Crippen molar-refractivity contribution in [2.75, 3.05) is 7.11 Å². The number of nitrogens with zero attached hydrogens (tertiary/aromatic N) is 3. The number of hydrogen-bond donors (Lipinski definition) is 0. The van der Waals surface area contributed by atoms with Crippen LogP contribution < -0.4 is 4.74 Å². The molecule has 0 radical (unpaired) electrons. The van der Waals surface area contributed by atoms with Crippen molar-refractivity contribution < 1.29 is 4.74 Å². The van der Waals surface area contributed by atoms with Crippen molar-refractivity contribution in [2.45, 2.75) is 32.6 Å². The maximum Gasteiger partial charge on any atom is 0.125 e. The van der Waals surface area contributed by atoms with Gasteiger partial charge in [-0.15, -0.1) is 5.10 Å². The van der Waals surface area contributed by atoms with E-state index >= 15 is 0 Å². The monoisotopic (exact) mass is 293 g/mol. The molecular weight excluding hydrogens is 274 g/mol. The lowest BCUT2D eigenvalue weighted by atomic mass is 9.96. The Hall–Kier alpha value is -1.55. The molecule has 5 heteroatoms. The molecule has 1 heterocycles. The highest BCUT2D eigenvalue weighted by molar-refractivity contribution is 6.30. The van der Waals surface area contributed by atoms with Crippen molar-refractivity contribution >= 4 is 11.6 Å². The Labute approximate surface area is 124 Å². The van der Waals surface area contributed by atoms with Gasteiger partial charge in [-0.1, -0.05) is 30.7 Å². The molecule has 20 heavy (non-hydrogen) atoms. The minimum absolute atomic E-state index is 0.374. The third kappa shape index (κ3) is 3.31. The van der Waals surface area contributed by atoms with Gasteiger partial charge in [0.1, 0.15) is 5.75 Å². The molecule has 0 saturated heterocycles. The second-order valence-electron chi connectivity index (χ2n) is 5.23. The van der Waals surface area contributed by atoms with E-state index < -0.39 is 0 Å². The van der Waals surface area contributed by atoms with Crippen molar-refractivity contribution in [3.05, 3.63) is 40.2 Å². The number of ether oxygens (including phenoxy) is 1. The maximum absolute atomic E-state index is 6.22. The number of aromatic nitrogens is 3. The van der Waals surface area contributed by atoms with Crippen LogP contribution in [0.4, 0.5) is 0 Å². The van der Waals surface area contributed by atoms with E-state index in [1.165, 1.54) is 0 Å². The summed E-state index contributed by atoms with van der Waals surface area (Å²) in [5, 5.41) is 8.80. The predicted octanol–water partition coefficient (Wildman–Crippen LogP) is 3.39. The van der Waals surface area contributed by atoms with Gasteiger partial charge >= 0.3 is 0 Å². The van der Waals surface area contributed by atoms with Crippen LogP contribution in [0.5, 0.6) is 5.75 Å². The van der Waals surface area contributed by atoms with E-state index in [4.69, 9.17) is 16.3 Å². The van der Waals surface area contributed by atoms with Crippen LogP contribution in [0.2, 0.25) is 5.02 Å². The summed E-state index contributed by atoms with van der Waals surface area (Å²) < 4.78 is 7.30. The number of aryl methyl sites for hydroxylation is 3. The zero-order valence-electron chi connectivity index (χ0n) is 12.4. The Kier molecular flexibility index (Phi) is 4.65. The first kappa shape index (κ1) is 14.9. The Balaban J connectivity index is 2.26. The maximum atomic E-state index is 6.22. The molecule has 0 spiro atoms. The molecule has 0 aliphatic rings. The summed E-state index contributed by atoms with van der Waals surface area (Å²) in [5.74, 6) is 1.31. The third-order valence-electron chi connectivity index (χ3n) is 3.29. The van der Waals surface area contributed by atoms with Gasteiger partial charge in [0, 0.05) is 18.3 Å². The normalized spacial score (nSPS) is 11.1. The van der Waals surface area contributed by atoms with E-state index in [1.54, 1.807) is 11.8 Å². The molecular formula is C15H20ClN3O. The molecule has 2 aromatic rings. The minimum atomic E-state index is 0.374. The van der Waals surface area contributed by atoms with Crippen LogP contribution in [0.1, 0.15) is 36.6 Å². The van der Waals surface area contributed by atoms with E-state index in [0.29, 0.717) is 5.92 Å². The van der Waals surface area contributed by atoms with E-state index in [-0.39, 0.29) is 0 Å². The van der Waals surface area contributed by atoms with E-state index in [1.807, 2.05) is 25.4 Å². The molecule has 1 aromatic carbocycles. The van der Waals surface area contributed by atoms with Gasteiger partial charge in [0.2, 0.25) is 0 Å². The molecule has 0 N–H and O–H groups in total. The number of rotatable bonds is 5. The lowest BCUT2D eigenvalue weighted by Crippen LogP contribution is -2.01. The first-order chi connectivity index (χ1) is 9.51. The van der Waals surface area contributed by atoms with Crippen LogP contribution in [0.15, 0.2) is 18.3 Å². The largest absolute Gasteiger partial charge is 0.496 e. The second-order valence-corrected chi connectivity index (χ2v) is 5.66. The minimum Gasteiger partial charge on any atom is -0.496 e. The van der Waals surface area contributed by atoms with Gasteiger partial charge in [-0.05, 0) is 42.0 Å².